The van der Waals surface area contributed by atoms with Gasteiger partial charge in [0.05, 0.1) is 0 Å². The number of hydrogen-bond donors (Lipinski definition) is 0. The molecule has 0 spiro atoms. The highest BCUT2D eigenvalue weighted by molar-refractivity contribution is 5.97. The summed E-state index contributed by atoms with van der Waals surface area (Å²) in [6, 6.07) is 86.7. The van der Waals surface area contributed by atoms with Gasteiger partial charge in [-0.15, -0.1) is 0 Å². The predicted molar refractivity (Wildman–Crippen MR) is 263 cm³/mol. The number of rotatable bonds is 8. The lowest BCUT2D eigenvalue weighted by Gasteiger charge is -2.29. The van der Waals surface area contributed by atoms with E-state index in [0.717, 1.165) is 17.1 Å². The monoisotopic (exact) mass is 791 g/mol. The number of benzene rings is 10. The van der Waals surface area contributed by atoms with E-state index in [1.54, 1.807) is 0 Å². The van der Waals surface area contributed by atoms with Gasteiger partial charge in [0.15, 0.2) is 0 Å². The molecule has 0 heterocycles. The van der Waals surface area contributed by atoms with Crippen LogP contribution in [0.4, 0.5) is 17.1 Å². The molecule has 10 aromatic rings. The second kappa shape index (κ2) is 15.4. The summed E-state index contributed by atoms with van der Waals surface area (Å²) >= 11 is 0. The minimum atomic E-state index is -0.132. The van der Waals surface area contributed by atoms with Crippen LogP contribution in [0.3, 0.4) is 0 Å². The largest absolute Gasteiger partial charge is 0.310 e. The van der Waals surface area contributed by atoms with Gasteiger partial charge in [-0.1, -0.05) is 214 Å². The van der Waals surface area contributed by atoms with Crippen LogP contribution in [0.1, 0.15) is 25.0 Å². The summed E-state index contributed by atoms with van der Waals surface area (Å²) in [6.07, 6.45) is 0. The van der Waals surface area contributed by atoms with Crippen LogP contribution in [0.15, 0.2) is 237 Å². The highest BCUT2D eigenvalue weighted by Crippen LogP contribution is 2.51. The van der Waals surface area contributed by atoms with Crippen LogP contribution in [0.25, 0.3) is 77.5 Å². The van der Waals surface area contributed by atoms with E-state index in [-0.39, 0.29) is 5.41 Å². The first-order valence-electron chi connectivity index (χ1n) is 21.6. The Morgan fingerprint density at radius 3 is 1.39 bits per heavy atom. The normalized spacial score (nSPS) is 12.5. The fourth-order valence-corrected chi connectivity index (χ4v) is 9.65. The topological polar surface area (TPSA) is 3.24 Å². The Kier molecular flexibility index (Phi) is 9.24. The third-order valence-corrected chi connectivity index (χ3v) is 12.9. The van der Waals surface area contributed by atoms with Gasteiger partial charge in [0.25, 0.3) is 0 Å². The standard InChI is InChI=1S/C61H45N/c1-61(2)59-23-12-11-21-56(59)57-39-37-52(41-60(57)61)62(50-34-32-48(33-35-50)54-22-13-19-46-18-9-10-20-53(46)54)51-36-38-55(47-28-24-44(25-29-47)42-14-5-3-6-15-42)58(40-51)49-30-26-45(27-31-49)43-16-7-4-8-17-43/h3-41H,1-2H3. The minimum absolute atomic E-state index is 0.132. The summed E-state index contributed by atoms with van der Waals surface area (Å²) in [6.45, 7) is 4.72. The maximum atomic E-state index is 2.44. The highest BCUT2D eigenvalue weighted by Gasteiger charge is 2.35. The molecule has 0 aliphatic heterocycles. The number of nitrogens with zero attached hydrogens (tertiary/aromatic N) is 1. The Morgan fingerprint density at radius 1 is 0.274 bits per heavy atom. The molecule has 1 aliphatic rings. The van der Waals surface area contributed by atoms with Gasteiger partial charge in [-0.2, -0.15) is 0 Å². The van der Waals surface area contributed by atoms with Crippen LogP contribution < -0.4 is 4.90 Å². The van der Waals surface area contributed by atoms with E-state index in [1.807, 2.05) is 0 Å². The van der Waals surface area contributed by atoms with E-state index in [0.29, 0.717) is 0 Å². The first kappa shape index (κ1) is 37.3. The highest BCUT2D eigenvalue weighted by atomic mass is 15.1. The van der Waals surface area contributed by atoms with E-state index in [4.69, 9.17) is 0 Å². The van der Waals surface area contributed by atoms with Crippen LogP contribution in [0.5, 0.6) is 0 Å². The van der Waals surface area contributed by atoms with Gasteiger partial charge < -0.3 is 4.90 Å². The minimum Gasteiger partial charge on any atom is -0.310 e. The van der Waals surface area contributed by atoms with Crippen LogP contribution >= 0.6 is 0 Å². The molecule has 0 aromatic heterocycles. The summed E-state index contributed by atoms with van der Waals surface area (Å²) in [5.74, 6) is 0. The molecule has 1 aliphatic carbocycles. The summed E-state index contributed by atoms with van der Waals surface area (Å²) in [5.41, 5.74) is 20.6. The fourth-order valence-electron chi connectivity index (χ4n) is 9.65. The molecular weight excluding hydrogens is 747 g/mol. The molecule has 11 rings (SSSR count). The average molecular weight is 792 g/mol. The van der Waals surface area contributed by atoms with Gasteiger partial charge in [0.2, 0.25) is 0 Å². The van der Waals surface area contributed by atoms with Gasteiger partial charge >= 0.3 is 0 Å². The zero-order chi connectivity index (χ0) is 41.6. The lowest BCUT2D eigenvalue weighted by molar-refractivity contribution is 0.660. The fraction of sp³-hybridized carbons (Fsp3) is 0.0492. The predicted octanol–water partition coefficient (Wildman–Crippen LogP) is 17.0. The Bertz CT molecular complexity index is 3210. The SMILES string of the molecule is CC1(C)c2ccccc2-c2ccc(N(c3ccc(-c4cccc5ccccc45)cc3)c3ccc(-c4ccc(-c5ccccc5)cc4)c(-c4ccc(-c5ccccc5)cc4)c3)cc21. The molecule has 0 N–H and O–H groups in total. The summed E-state index contributed by atoms with van der Waals surface area (Å²) in [5, 5.41) is 2.51. The Morgan fingerprint density at radius 2 is 0.710 bits per heavy atom. The summed E-state index contributed by atoms with van der Waals surface area (Å²) in [7, 11) is 0. The van der Waals surface area contributed by atoms with Crippen LogP contribution in [-0.4, -0.2) is 0 Å². The molecule has 294 valence electrons. The van der Waals surface area contributed by atoms with Crippen molar-refractivity contribution >= 4 is 27.8 Å². The second-order valence-electron chi connectivity index (χ2n) is 16.9. The Labute approximate surface area is 364 Å². The smallest absolute Gasteiger partial charge is 0.0468 e. The van der Waals surface area contributed by atoms with Gasteiger partial charge in [-0.3, -0.25) is 0 Å². The molecule has 0 atom stereocenters. The molecule has 10 aromatic carbocycles. The first-order chi connectivity index (χ1) is 30.5. The quantitative estimate of drug-likeness (QED) is 0.148. The third-order valence-electron chi connectivity index (χ3n) is 12.9. The molecule has 0 saturated carbocycles. The molecule has 0 fully saturated rings. The van der Waals surface area contributed by atoms with Gasteiger partial charge in [0, 0.05) is 22.5 Å². The maximum absolute atomic E-state index is 2.44. The molecular formula is C61H45N. The van der Waals surface area contributed by atoms with Crippen molar-refractivity contribution in [1.82, 2.24) is 0 Å². The van der Waals surface area contributed by atoms with Crippen molar-refractivity contribution in [1.29, 1.82) is 0 Å². The Balaban J connectivity index is 1.07. The van der Waals surface area contributed by atoms with Gasteiger partial charge in [-0.25, -0.2) is 0 Å². The maximum Gasteiger partial charge on any atom is 0.0468 e. The van der Waals surface area contributed by atoms with Crippen molar-refractivity contribution in [2.24, 2.45) is 0 Å². The zero-order valence-corrected chi connectivity index (χ0v) is 35.0. The second-order valence-corrected chi connectivity index (χ2v) is 16.9. The lowest BCUT2D eigenvalue weighted by atomic mass is 9.82. The van der Waals surface area contributed by atoms with Crippen molar-refractivity contribution < 1.29 is 0 Å². The van der Waals surface area contributed by atoms with Crippen molar-refractivity contribution in [2.45, 2.75) is 19.3 Å². The molecule has 0 amide bonds. The molecule has 0 radical (unpaired) electrons. The van der Waals surface area contributed by atoms with Crippen molar-refractivity contribution in [3.05, 3.63) is 248 Å². The average Bonchev–Trinajstić information content (AvgIpc) is 3.57. The molecule has 62 heavy (non-hydrogen) atoms. The van der Waals surface area contributed by atoms with Gasteiger partial charge in [0.1, 0.15) is 0 Å². The first-order valence-corrected chi connectivity index (χ1v) is 21.6. The molecule has 0 bridgehead atoms. The molecule has 0 unspecified atom stereocenters. The van der Waals surface area contributed by atoms with E-state index >= 15 is 0 Å². The number of hydrogen-bond acceptors (Lipinski definition) is 1. The van der Waals surface area contributed by atoms with Crippen LogP contribution in [-0.2, 0) is 5.41 Å². The number of anilines is 3. The van der Waals surface area contributed by atoms with Crippen LogP contribution in [0, 0.1) is 0 Å². The third kappa shape index (κ3) is 6.60. The van der Waals surface area contributed by atoms with Crippen molar-refractivity contribution in [3.63, 3.8) is 0 Å². The lowest BCUT2D eigenvalue weighted by Crippen LogP contribution is -2.16. The summed E-state index contributed by atoms with van der Waals surface area (Å²) in [4.78, 5) is 2.44. The van der Waals surface area contributed by atoms with E-state index in [2.05, 4.69) is 255 Å². The Hall–Kier alpha value is -7.74. The van der Waals surface area contributed by atoms with Crippen molar-refractivity contribution in [3.8, 4) is 66.8 Å². The summed E-state index contributed by atoms with van der Waals surface area (Å²) < 4.78 is 0. The molecule has 1 heteroatoms. The van der Waals surface area contributed by atoms with E-state index < -0.39 is 0 Å². The zero-order valence-electron chi connectivity index (χ0n) is 35.0. The van der Waals surface area contributed by atoms with Crippen LogP contribution in [0.2, 0.25) is 0 Å². The van der Waals surface area contributed by atoms with E-state index in [9.17, 15) is 0 Å². The molecule has 1 nitrogen and oxygen atoms in total. The van der Waals surface area contributed by atoms with Gasteiger partial charge in [-0.05, 0) is 125 Å². The van der Waals surface area contributed by atoms with Crippen molar-refractivity contribution in [2.75, 3.05) is 4.90 Å². The molecule has 0 saturated heterocycles. The number of fused-ring (bicyclic) bond motifs is 4. The van der Waals surface area contributed by atoms with E-state index in [1.165, 1.54) is 88.7 Å².